The van der Waals surface area contributed by atoms with Crippen molar-refractivity contribution >= 4 is 17.0 Å². The first-order valence-corrected chi connectivity index (χ1v) is 3.47. The lowest BCUT2D eigenvalue weighted by atomic mass is 10.2. The summed E-state index contributed by atoms with van der Waals surface area (Å²) in [7, 11) is 0. The maximum absolute atomic E-state index is 10.9. The van der Waals surface area contributed by atoms with Crippen LogP contribution in [-0.2, 0) is 0 Å². The van der Waals surface area contributed by atoms with Crippen LogP contribution in [0.1, 0.15) is 17.3 Å². The van der Waals surface area contributed by atoms with Crippen molar-refractivity contribution in [2.24, 2.45) is 0 Å². The Bertz CT molecular complexity index is 433. The maximum atomic E-state index is 10.9. The SMILES string of the molecule is CC(=O)c1cnc2ocnc2c1. The number of Topliss-reactive ketones (excluding diaryl/α,β-unsaturated/α-hetero) is 1. The summed E-state index contributed by atoms with van der Waals surface area (Å²) in [6.45, 7) is 1.49. The van der Waals surface area contributed by atoms with Gasteiger partial charge in [-0.15, -0.1) is 0 Å². The predicted molar refractivity (Wildman–Crippen MR) is 41.8 cm³/mol. The molecule has 0 bridgehead atoms. The van der Waals surface area contributed by atoms with Gasteiger partial charge >= 0.3 is 0 Å². The molecule has 0 unspecified atom stereocenters. The van der Waals surface area contributed by atoms with E-state index in [9.17, 15) is 4.79 Å². The summed E-state index contributed by atoms with van der Waals surface area (Å²) in [5, 5.41) is 0. The minimum Gasteiger partial charge on any atom is -0.425 e. The highest BCUT2D eigenvalue weighted by Gasteiger charge is 2.03. The normalized spacial score (nSPS) is 10.4. The van der Waals surface area contributed by atoms with Gasteiger partial charge in [-0.25, -0.2) is 9.97 Å². The number of hydrogen-bond donors (Lipinski definition) is 0. The van der Waals surface area contributed by atoms with E-state index in [1.807, 2.05) is 0 Å². The Hall–Kier alpha value is -1.71. The van der Waals surface area contributed by atoms with E-state index in [0.29, 0.717) is 16.8 Å². The lowest BCUT2D eigenvalue weighted by Gasteiger charge is -1.91. The van der Waals surface area contributed by atoms with Crippen molar-refractivity contribution in [3.8, 4) is 0 Å². The van der Waals surface area contributed by atoms with E-state index in [1.54, 1.807) is 6.07 Å². The number of carbonyl (C=O) groups excluding carboxylic acids is 1. The van der Waals surface area contributed by atoms with Gasteiger partial charge in [0.15, 0.2) is 12.2 Å². The van der Waals surface area contributed by atoms with E-state index in [0.717, 1.165) is 0 Å². The van der Waals surface area contributed by atoms with Crippen LogP contribution in [0, 0.1) is 0 Å². The van der Waals surface area contributed by atoms with E-state index in [-0.39, 0.29) is 5.78 Å². The number of pyridine rings is 1. The third-order valence-corrected chi connectivity index (χ3v) is 1.59. The van der Waals surface area contributed by atoms with Crippen LogP contribution in [0.5, 0.6) is 0 Å². The van der Waals surface area contributed by atoms with Gasteiger partial charge in [0.1, 0.15) is 5.52 Å². The van der Waals surface area contributed by atoms with Crippen molar-refractivity contribution in [3.05, 3.63) is 24.2 Å². The number of oxazole rings is 1. The van der Waals surface area contributed by atoms with Crippen LogP contribution in [0.2, 0.25) is 0 Å². The Morgan fingerprint density at radius 1 is 1.50 bits per heavy atom. The number of rotatable bonds is 1. The zero-order chi connectivity index (χ0) is 8.55. The summed E-state index contributed by atoms with van der Waals surface area (Å²) in [4.78, 5) is 18.7. The molecule has 2 heterocycles. The molecule has 0 aromatic carbocycles. The zero-order valence-electron chi connectivity index (χ0n) is 6.44. The quantitative estimate of drug-likeness (QED) is 0.595. The van der Waals surface area contributed by atoms with Crippen molar-refractivity contribution in [3.63, 3.8) is 0 Å². The molecule has 0 aliphatic carbocycles. The van der Waals surface area contributed by atoms with Crippen LogP contribution in [0.3, 0.4) is 0 Å². The Morgan fingerprint density at radius 3 is 3.08 bits per heavy atom. The molecule has 0 saturated heterocycles. The highest BCUT2D eigenvalue weighted by Crippen LogP contribution is 2.10. The van der Waals surface area contributed by atoms with Gasteiger partial charge in [-0.1, -0.05) is 0 Å². The van der Waals surface area contributed by atoms with Gasteiger partial charge in [0.25, 0.3) is 0 Å². The van der Waals surface area contributed by atoms with Gasteiger partial charge in [-0.05, 0) is 13.0 Å². The standard InChI is InChI=1S/C8H6N2O2/c1-5(11)6-2-7-8(9-3-6)12-4-10-7/h2-4H,1H3. The van der Waals surface area contributed by atoms with Crippen LogP contribution in [0.15, 0.2) is 23.1 Å². The number of ketones is 1. The van der Waals surface area contributed by atoms with E-state index in [2.05, 4.69) is 9.97 Å². The lowest BCUT2D eigenvalue weighted by molar-refractivity contribution is 0.101. The van der Waals surface area contributed by atoms with Crippen molar-refractivity contribution in [1.82, 2.24) is 9.97 Å². The van der Waals surface area contributed by atoms with Crippen molar-refractivity contribution < 1.29 is 9.21 Å². The van der Waals surface area contributed by atoms with Crippen LogP contribution >= 0.6 is 0 Å². The number of aromatic nitrogens is 2. The van der Waals surface area contributed by atoms with Crippen LogP contribution in [0.4, 0.5) is 0 Å². The highest BCUT2D eigenvalue weighted by atomic mass is 16.3. The molecule has 0 atom stereocenters. The Balaban J connectivity index is 2.68. The molecule has 12 heavy (non-hydrogen) atoms. The van der Waals surface area contributed by atoms with Gasteiger partial charge < -0.3 is 4.42 Å². The van der Waals surface area contributed by atoms with E-state index in [4.69, 9.17) is 4.42 Å². The van der Waals surface area contributed by atoms with E-state index in [1.165, 1.54) is 19.5 Å². The molecule has 4 nitrogen and oxygen atoms in total. The molecule has 60 valence electrons. The van der Waals surface area contributed by atoms with Gasteiger partial charge in [0, 0.05) is 11.8 Å². The second kappa shape index (κ2) is 2.41. The Labute approximate surface area is 68.2 Å². The molecule has 0 saturated carbocycles. The smallest absolute Gasteiger partial charge is 0.246 e. The monoisotopic (exact) mass is 162 g/mol. The average Bonchev–Trinajstić information content (AvgIpc) is 2.49. The first-order chi connectivity index (χ1) is 5.77. The first kappa shape index (κ1) is 6.97. The molecule has 0 aliphatic rings. The molecule has 2 aromatic heterocycles. The zero-order valence-corrected chi connectivity index (χ0v) is 6.44. The molecule has 0 amide bonds. The summed E-state index contributed by atoms with van der Waals surface area (Å²) < 4.78 is 4.92. The minimum atomic E-state index is -0.0209. The lowest BCUT2D eigenvalue weighted by Crippen LogP contribution is -1.92. The largest absolute Gasteiger partial charge is 0.425 e. The number of nitrogens with zero attached hydrogens (tertiary/aromatic N) is 2. The summed E-state index contributed by atoms with van der Waals surface area (Å²) in [5.41, 5.74) is 1.62. The van der Waals surface area contributed by atoms with Crippen molar-refractivity contribution in [1.29, 1.82) is 0 Å². The third-order valence-electron chi connectivity index (χ3n) is 1.59. The highest BCUT2D eigenvalue weighted by molar-refractivity contribution is 5.95. The summed E-state index contributed by atoms with van der Waals surface area (Å²) in [6, 6.07) is 1.66. The molecular formula is C8H6N2O2. The Morgan fingerprint density at radius 2 is 2.33 bits per heavy atom. The molecule has 0 fully saturated rings. The fourth-order valence-corrected chi connectivity index (χ4v) is 0.949. The average molecular weight is 162 g/mol. The summed E-state index contributed by atoms with van der Waals surface area (Å²) in [5.74, 6) is -0.0209. The van der Waals surface area contributed by atoms with E-state index < -0.39 is 0 Å². The first-order valence-electron chi connectivity index (χ1n) is 3.47. The Kier molecular flexibility index (Phi) is 1.40. The molecule has 0 aliphatic heterocycles. The van der Waals surface area contributed by atoms with Gasteiger partial charge in [0.05, 0.1) is 0 Å². The molecule has 2 aromatic rings. The minimum absolute atomic E-state index is 0.0209. The van der Waals surface area contributed by atoms with Crippen molar-refractivity contribution in [2.75, 3.05) is 0 Å². The second-order valence-corrected chi connectivity index (χ2v) is 2.46. The molecule has 0 radical (unpaired) electrons. The van der Waals surface area contributed by atoms with Gasteiger partial charge in [-0.2, -0.15) is 0 Å². The fraction of sp³-hybridized carbons (Fsp3) is 0.125. The number of fused-ring (bicyclic) bond motifs is 1. The van der Waals surface area contributed by atoms with Crippen LogP contribution in [0.25, 0.3) is 11.2 Å². The maximum Gasteiger partial charge on any atom is 0.246 e. The third kappa shape index (κ3) is 0.972. The number of hydrogen-bond acceptors (Lipinski definition) is 4. The molecule has 2 rings (SSSR count). The van der Waals surface area contributed by atoms with Gasteiger partial charge in [0.2, 0.25) is 5.71 Å². The molecule has 4 heteroatoms. The molecule has 0 N–H and O–H groups in total. The molecule has 0 spiro atoms. The van der Waals surface area contributed by atoms with Crippen LogP contribution < -0.4 is 0 Å². The number of carbonyl (C=O) groups is 1. The summed E-state index contributed by atoms with van der Waals surface area (Å²) in [6.07, 6.45) is 2.79. The molecular weight excluding hydrogens is 156 g/mol. The van der Waals surface area contributed by atoms with Crippen LogP contribution in [-0.4, -0.2) is 15.8 Å². The predicted octanol–water partition coefficient (Wildman–Crippen LogP) is 1.43. The van der Waals surface area contributed by atoms with E-state index >= 15 is 0 Å². The second-order valence-electron chi connectivity index (χ2n) is 2.46. The fourth-order valence-electron chi connectivity index (χ4n) is 0.949. The summed E-state index contributed by atoms with van der Waals surface area (Å²) >= 11 is 0. The topological polar surface area (TPSA) is 56.0 Å². The van der Waals surface area contributed by atoms with Crippen molar-refractivity contribution in [2.45, 2.75) is 6.92 Å². The van der Waals surface area contributed by atoms with Gasteiger partial charge in [-0.3, -0.25) is 4.79 Å².